The van der Waals surface area contributed by atoms with E-state index in [0.717, 1.165) is 11.1 Å². The Morgan fingerprint density at radius 1 is 0.909 bits per heavy atom. The van der Waals surface area contributed by atoms with E-state index in [4.69, 9.17) is 9.47 Å². The second kappa shape index (κ2) is 7.22. The minimum absolute atomic E-state index is 0.385. The molecule has 0 aliphatic heterocycles. The highest BCUT2D eigenvalue weighted by atomic mass is 16.5. The van der Waals surface area contributed by atoms with Gasteiger partial charge in [0.1, 0.15) is 11.5 Å². The van der Waals surface area contributed by atoms with Gasteiger partial charge in [-0.25, -0.2) is 0 Å². The van der Waals surface area contributed by atoms with E-state index < -0.39 is 5.97 Å². The van der Waals surface area contributed by atoms with Crippen molar-refractivity contribution in [3.63, 3.8) is 0 Å². The minimum atomic E-state index is -0.397. The van der Waals surface area contributed by atoms with Crippen LogP contribution in [0, 0.1) is 0 Å². The topological polar surface area (TPSA) is 52.6 Å². The fourth-order valence-corrected chi connectivity index (χ4v) is 1.91. The summed E-state index contributed by atoms with van der Waals surface area (Å²) >= 11 is 0. The molecule has 0 aliphatic carbocycles. The van der Waals surface area contributed by atoms with Crippen molar-refractivity contribution in [2.45, 2.75) is 13.8 Å². The lowest BCUT2D eigenvalue weighted by Gasteiger charge is -2.08. The fourth-order valence-electron chi connectivity index (χ4n) is 1.91. The first kappa shape index (κ1) is 15.5. The number of benzene rings is 2. The van der Waals surface area contributed by atoms with Gasteiger partial charge < -0.3 is 9.47 Å². The maximum absolute atomic E-state index is 11.3. The number of hydrogen-bond acceptors (Lipinski definition) is 4. The van der Waals surface area contributed by atoms with E-state index in [-0.39, 0.29) is 5.97 Å². The van der Waals surface area contributed by atoms with Gasteiger partial charge >= 0.3 is 11.9 Å². The van der Waals surface area contributed by atoms with Crippen molar-refractivity contribution in [3.8, 4) is 5.75 Å². The van der Waals surface area contributed by atoms with Gasteiger partial charge in [0.25, 0.3) is 0 Å². The maximum atomic E-state index is 11.3. The number of carbonyl (C=O) groups is 2. The van der Waals surface area contributed by atoms with Crippen LogP contribution in [0.3, 0.4) is 0 Å². The molecule has 4 nitrogen and oxygen atoms in total. The second-order valence-corrected chi connectivity index (χ2v) is 4.63. The van der Waals surface area contributed by atoms with Gasteiger partial charge in [-0.1, -0.05) is 42.5 Å². The maximum Gasteiger partial charge on any atom is 0.308 e. The zero-order valence-corrected chi connectivity index (χ0v) is 12.4. The van der Waals surface area contributed by atoms with Crippen LogP contribution in [0.5, 0.6) is 5.75 Å². The van der Waals surface area contributed by atoms with Crippen LogP contribution in [-0.4, -0.2) is 11.9 Å². The van der Waals surface area contributed by atoms with Crippen LogP contribution < -0.4 is 4.74 Å². The summed E-state index contributed by atoms with van der Waals surface area (Å²) in [4.78, 5) is 22.3. The first-order chi connectivity index (χ1) is 10.5. The molecule has 0 fully saturated rings. The van der Waals surface area contributed by atoms with Gasteiger partial charge in [0, 0.05) is 19.4 Å². The first-order valence-electron chi connectivity index (χ1n) is 6.78. The van der Waals surface area contributed by atoms with Gasteiger partial charge in [-0.2, -0.15) is 0 Å². The summed E-state index contributed by atoms with van der Waals surface area (Å²) in [5, 5.41) is 0. The molecule has 0 aromatic heterocycles. The van der Waals surface area contributed by atoms with Crippen LogP contribution in [0.15, 0.2) is 54.6 Å². The molecule has 22 heavy (non-hydrogen) atoms. The van der Waals surface area contributed by atoms with Crippen molar-refractivity contribution in [2.24, 2.45) is 0 Å². The van der Waals surface area contributed by atoms with E-state index in [2.05, 4.69) is 0 Å². The van der Waals surface area contributed by atoms with E-state index in [9.17, 15) is 9.59 Å². The molecular formula is C18H16O4. The number of esters is 2. The molecule has 0 bridgehead atoms. The zero-order chi connectivity index (χ0) is 15.9. The van der Waals surface area contributed by atoms with E-state index in [1.165, 1.54) is 13.8 Å². The predicted molar refractivity (Wildman–Crippen MR) is 83.8 cm³/mol. The summed E-state index contributed by atoms with van der Waals surface area (Å²) in [5.74, 6) is 0.0974. The minimum Gasteiger partial charge on any atom is -0.427 e. The lowest BCUT2D eigenvalue weighted by molar-refractivity contribution is -0.134. The van der Waals surface area contributed by atoms with Gasteiger partial charge in [-0.05, 0) is 23.8 Å². The van der Waals surface area contributed by atoms with Crippen molar-refractivity contribution < 1.29 is 19.1 Å². The van der Waals surface area contributed by atoms with Crippen molar-refractivity contribution in [1.29, 1.82) is 0 Å². The molecule has 112 valence electrons. The predicted octanol–water partition coefficient (Wildman–Crippen LogP) is 3.67. The summed E-state index contributed by atoms with van der Waals surface area (Å²) in [7, 11) is 0. The molecule has 0 heterocycles. The van der Waals surface area contributed by atoms with E-state index in [0.29, 0.717) is 11.5 Å². The van der Waals surface area contributed by atoms with Gasteiger partial charge in [-0.15, -0.1) is 0 Å². The highest BCUT2D eigenvalue weighted by Gasteiger charge is 2.07. The van der Waals surface area contributed by atoms with Crippen LogP contribution >= 0.6 is 0 Å². The second-order valence-electron chi connectivity index (χ2n) is 4.63. The van der Waals surface area contributed by atoms with Crippen molar-refractivity contribution in [1.82, 2.24) is 0 Å². The van der Waals surface area contributed by atoms with Crippen molar-refractivity contribution in [3.05, 3.63) is 65.7 Å². The Kier molecular flexibility index (Phi) is 5.09. The van der Waals surface area contributed by atoms with E-state index >= 15 is 0 Å². The van der Waals surface area contributed by atoms with Crippen LogP contribution in [0.4, 0.5) is 0 Å². The average Bonchev–Trinajstić information content (AvgIpc) is 2.47. The molecule has 0 atom stereocenters. The number of ether oxygens (including phenoxy) is 2. The molecular weight excluding hydrogens is 280 g/mol. The largest absolute Gasteiger partial charge is 0.427 e. The molecule has 0 spiro atoms. The van der Waals surface area contributed by atoms with Crippen LogP contribution in [0.2, 0.25) is 0 Å². The van der Waals surface area contributed by atoms with Gasteiger partial charge in [-0.3, -0.25) is 9.59 Å². The van der Waals surface area contributed by atoms with Crippen molar-refractivity contribution in [2.75, 3.05) is 0 Å². The number of rotatable bonds is 4. The van der Waals surface area contributed by atoms with Crippen LogP contribution in [0.25, 0.3) is 11.8 Å². The van der Waals surface area contributed by atoms with E-state index in [1.807, 2.05) is 36.4 Å². The molecule has 0 unspecified atom stereocenters. The Bertz CT molecular complexity index is 702. The third-order valence-corrected chi connectivity index (χ3v) is 2.73. The Morgan fingerprint density at radius 3 is 2.27 bits per heavy atom. The third kappa shape index (κ3) is 4.59. The Morgan fingerprint density at radius 2 is 1.64 bits per heavy atom. The highest BCUT2D eigenvalue weighted by molar-refractivity contribution is 5.84. The Labute approximate surface area is 129 Å². The Hall–Kier alpha value is -2.88. The molecule has 2 aromatic rings. The summed E-state index contributed by atoms with van der Waals surface area (Å²) in [6.45, 7) is 2.70. The summed E-state index contributed by atoms with van der Waals surface area (Å²) in [6.07, 6.45) is 1.73. The van der Waals surface area contributed by atoms with Crippen molar-refractivity contribution >= 4 is 23.8 Å². The zero-order valence-electron chi connectivity index (χ0n) is 12.4. The molecule has 0 radical (unpaired) electrons. The third-order valence-electron chi connectivity index (χ3n) is 2.73. The lowest BCUT2D eigenvalue weighted by Crippen LogP contribution is -2.01. The molecule has 0 N–H and O–H groups in total. The molecule has 0 aliphatic rings. The molecule has 0 amide bonds. The SMILES string of the molecule is CC(=O)O/C(=C/c1cccc(OC(C)=O)c1)c1ccccc1. The normalized spacial score (nSPS) is 10.9. The summed E-state index contributed by atoms with van der Waals surface area (Å²) in [5.41, 5.74) is 1.55. The van der Waals surface area contributed by atoms with Gasteiger partial charge in [0.05, 0.1) is 0 Å². The first-order valence-corrected chi connectivity index (χ1v) is 6.78. The molecule has 0 saturated carbocycles. The molecule has 2 aromatic carbocycles. The monoisotopic (exact) mass is 296 g/mol. The lowest BCUT2D eigenvalue weighted by atomic mass is 10.1. The van der Waals surface area contributed by atoms with E-state index in [1.54, 1.807) is 24.3 Å². The molecule has 4 heteroatoms. The number of hydrogen-bond donors (Lipinski definition) is 0. The summed E-state index contributed by atoms with van der Waals surface area (Å²) < 4.78 is 10.3. The van der Waals surface area contributed by atoms with Gasteiger partial charge in [0.15, 0.2) is 0 Å². The Balaban J connectivity index is 2.36. The quantitative estimate of drug-likeness (QED) is 0.374. The average molecular weight is 296 g/mol. The number of carbonyl (C=O) groups excluding carboxylic acids is 2. The highest BCUT2D eigenvalue weighted by Crippen LogP contribution is 2.22. The fraction of sp³-hybridized carbons (Fsp3) is 0.111. The van der Waals surface area contributed by atoms with Crippen LogP contribution in [0.1, 0.15) is 25.0 Å². The van der Waals surface area contributed by atoms with Gasteiger partial charge in [0.2, 0.25) is 0 Å². The molecule has 0 saturated heterocycles. The standard InChI is InChI=1S/C18H16O4/c1-13(19)21-17-10-6-7-15(11-17)12-18(22-14(2)20)16-8-4-3-5-9-16/h3-12H,1-2H3/b18-12+. The smallest absolute Gasteiger partial charge is 0.308 e. The van der Waals surface area contributed by atoms with Crippen LogP contribution in [-0.2, 0) is 14.3 Å². The summed E-state index contributed by atoms with van der Waals surface area (Å²) in [6, 6.07) is 16.3. The molecule has 2 rings (SSSR count).